The lowest BCUT2D eigenvalue weighted by Crippen LogP contribution is -2.22. The minimum Gasteiger partial charge on any atom is -0.454 e. The zero-order valence-electron chi connectivity index (χ0n) is 21.7. The first-order valence-corrected chi connectivity index (χ1v) is 12.5. The van der Waals surface area contributed by atoms with E-state index in [0.29, 0.717) is 12.0 Å². The zero-order chi connectivity index (χ0) is 25.7. The van der Waals surface area contributed by atoms with Gasteiger partial charge in [-0.05, 0) is 70.3 Å². The Morgan fingerprint density at radius 3 is 2.22 bits per heavy atom. The van der Waals surface area contributed by atoms with Gasteiger partial charge in [0, 0.05) is 26.1 Å². The second-order valence-corrected chi connectivity index (χ2v) is 11.2. The first kappa shape index (κ1) is 24.1. The van der Waals surface area contributed by atoms with Gasteiger partial charge in [0.05, 0.1) is 5.41 Å². The highest BCUT2D eigenvalue weighted by molar-refractivity contribution is 5.95. The van der Waals surface area contributed by atoms with E-state index in [1.54, 1.807) is 19.0 Å². The molecule has 0 N–H and O–H groups in total. The van der Waals surface area contributed by atoms with E-state index < -0.39 is 5.41 Å². The Hall–Kier alpha value is -3.60. The summed E-state index contributed by atoms with van der Waals surface area (Å²) in [6.07, 6.45) is 2.10. The molecule has 186 valence electrons. The smallest absolute Gasteiger partial charge is 0.253 e. The molecule has 5 nitrogen and oxygen atoms in total. The highest BCUT2D eigenvalue weighted by Gasteiger charge is 2.50. The van der Waals surface area contributed by atoms with Gasteiger partial charge in [-0.3, -0.25) is 9.59 Å². The van der Waals surface area contributed by atoms with Crippen LogP contribution >= 0.6 is 0 Å². The van der Waals surface area contributed by atoms with Crippen LogP contribution in [0.3, 0.4) is 0 Å². The summed E-state index contributed by atoms with van der Waals surface area (Å²) in [4.78, 5) is 27.5. The molecule has 0 spiro atoms. The summed E-state index contributed by atoms with van der Waals surface area (Å²) in [5.41, 5.74) is 5.53. The third-order valence-electron chi connectivity index (χ3n) is 7.31. The molecule has 0 atom stereocenters. The van der Waals surface area contributed by atoms with Gasteiger partial charge in [0.2, 0.25) is 6.79 Å². The van der Waals surface area contributed by atoms with E-state index in [1.165, 1.54) is 5.56 Å². The lowest BCUT2D eigenvalue weighted by atomic mass is 9.80. The Labute approximate surface area is 213 Å². The number of carbonyl (C=O) groups is 2. The first-order valence-electron chi connectivity index (χ1n) is 12.5. The summed E-state index contributed by atoms with van der Waals surface area (Å²) in [6.45, 7) is 6.81. The number of ether oxygens (including phenoxy) is 2. The van der Waals surface area contributed by atoms with Gasteiger partial charge in [-0.25, -0.2) is 0 Å². The molecule has 0 bridgehead atoms. The Kier molecular flexibility index (Phi) is 5.90. The standard InChI is InChI=1S/C31H33NO4/c1-30(2,3)25-12-6-20(16-24(25)21-7-9-22(10-8-21)29(34)32(4)5)17-28(33)31(14-15-31)23-11-13-26-27(18-23)36-19-35-26/h6-13,16,18H,14-15,17,19H2,1-5H3. The molecule has 5 heteroatoms. The number of Topliss-reactive ketones (excluding diaryl/α,β-unsaturated/α-hetero) is 1. The summed E-state index contributed by atoms with van der Waals surface area (Å²) in [5, 5.41) is 0. The largest absolute Gasteiger partial charge is 0.454 e. The normalized spacial score (nSPS) is 15.5. The molecule has 0 unspecified atom stereocenters. The summed E-state index contributed by atoms with van der Waals surface area (Å²) in [6, 6.07) is 20.0. The van der Waals surface area contributed by atoms with Crippen LogP contribution in [0.4, 0.5) is 0 Å². The zero-order valence-corrected chi connectivity index (χ0v) is 21.7. The molecule has 1 aliphatic carbocycles. The van der Waals surface area contributed by atoms with Crippen LogP contribution < -0.4 is 9.47 Å². The van der Waals surface area contributed by atoms with Crippen molar-refractivity contribution in [3.8, 4) is 22.6 Å². The van der Waals surface area contributed by atoms with E-state index in [0.717, 1.165) is 46.6 Å². The maximum Gasteiger partial charge on any atom is 0.253 e. The van der Waals surface area contributed by atoms with E-state index >= 15 is 0 Å². The lowest BCUT2D eigenvalue weighted by Gasteiger charge is -2.24. The number of ketones is 1. The van der Waals surface area contributed by atoms with Gasteiger partial charge < -0.3 is 14.4 Å². The van der Waals surface area contributed by atoms with Gasteiger partial charge in [-0.2, -0.15) is 0 Å². The number of hydrogen-bond donors (Lipinski definition) is 0. The van der Waals surface area contributed by atoms with E-state index in [2.05, 4.69) is 39.0 Å². The molecule has 0 saturated heterocycles. The average Bonchev–Trinajstić information content (AvgIpc) is 3.53. The fourth-order valence-corrected chi connectivity index (χ4v) is 5.05. The SMILES string of the molecule is CN(C)C(=O)c1ccc(-c2cc(CC(=O)C3(c4ccc5c(c4)OCO5)CC3)ccc2C(C)(C)C)cc1. The Morgan fingerprint density at radius 1 is 0.889 bits per heavy atom. The van der Waals surface area contributed by atoms with Gasteiger partial charge >= 0.3 is 0 Å². The predicted octanol–water partition coefficient (Wildman–Crippen LogP) is 5.93. The molecule has 1 saturated carbocycles. The quantitative estimate of drug-likeness (QED) is 0.436. The van der Waals surface area contributed by atoms with Gasteiger partial charge in [-0.1, -0.05) is 57.2 Å². The summed E-state index contributed by atoms with van der Waals surface area (Å²) < 4.78 is 11.0. The molecule has 2 aliphatic rings. The summed E-state index contributed by atoms with van der Waals surface area (Å²) in [7, 11) is 3.51. The summed E-state index contributed by atoms with van der Waals surface area (Å²) >= 11 is 0. The van der Waals surface area contributed by atoms with Crippen LogP contribution in [0.5, 0.6) is 11.5 Å². The molecule has 36 heavy (non-hydrogen) atoms. The maximum atomic E-state index is 13.6. The fraction of sp³-hybridized carbons (Fsp3) is 0.355. The molecule has 1 fully saturated rings. The third-order valence-corrected chi connectivity index (χ3v) is 7.31. The van der Waals surface area contributed by atoms with Crippen LogP contribution in [-0.4, -0.2) is 37.5 Å². The van der Waals surface area contributed by atoms with Crippen molar-refractivity contribution in [3.63, 3.8) is 0 Å². The van der Waals surface area contributed by atoms with E-state index in [9.17, 15) is 9.59 Å². The van der Waals surface area contributed by atoms with Crippen LogP contribution in [0.2, 0.25) is 0 Å². The van der Waals surface area contributed by atoms with Crippen molar-refractivity contribution in [2.24, 2.45) is 0 Å². The lowest BCUT2D eigenvalue weighted by molar-refractivity contribution is -0.120. The second kappa shape index (κ2) is 8.81. The van der Waals surface area contributed by atoms with Crippen molar-refractivity contribution >= 4 is 11.7 Å². The number of nitrogens with zero attached hydrogens (tertiary/aromatic N) is 1. The monoisotopic (exact) mass is 483 g/mol. The van der Waals surface area contributed by atoms with Crippen LogP contribution in [-0.2, 0) is 22.0 Å². The van der Waals surface area contributed by atoms with Gasteiger partial charge in [0.15, 0.2) is 11.5 Å². The molecular formula is C31H33NO4. The Balaban J connectivity index is 1.44. The molecule has 0 radical (unpaired) electrons. The predicted molar refractivity (Wildman–Crippen MR) is 141 cm³/mol. The molecule has 0 aromatic heterocycles. The summed E-state index contributed by atoms with van der Waals surface area (Å²) in [5.74, 6) is 1.68. The molecular weight excluding hydrogens is 450 g/mol. The molecule has 5 rings (SSSR count). The van der Waals surface area contributed by atoms with Gasteiger partial charge in [0.1, 0.15) is 5.78 Å². The molecule has 1 aliphatic heterocycles. The van der Waals surface area contributed by atoms with E-state index in [-0.39, 0.29) is 23.9 Å². The van der Waals surface area contributed by atoms with Crippen molar-refractivity contribution in [1.29, 1.82) is 0 Å². The van der Waals surface area contributed by atoms with Crippen molar-refractivity contribution in [2.75, 3.05) is 20.9 Å². The molecule has 1 amide bonds. The average molecular weight is 484 g/mol. The van der Waals surface area contributed by atoms with Crippen molar-refractivity contribution in [1.82, 2.24) is 4.90 Å². The van der Waals surface area contributed by atoms with Gasteiger partial charge in [0.25, 0.3) is 5.91 Å². The minimum absolute atomic E-state index is 0.0183. The fourth-order valence-electron chi connectivity index (χ4n) is 5.05. The van der Waals surface area contributed by atoms with Gasteiger partial charge in [-0.15, -0.1) is 0 Å². The molecule has 3 aromatic rings. The minimum atomic E-state index is -0.433. The number of fused-ring (bicyclic) bond motifs is 1. The third kappa shape index (κ3) is 4.39. The van der Waals surface area contributed by atoms with Crippen LogP contribution in [0, 0.1) is 0 Å². The Morgan fingerprint density at radius 2 is 1.58 bits per heavy atom. The highest BCUT2D eigenvalue weighted by Crippen LogP contribution is 2.51. The van der Waals surface area contributed by atoms with Crippen LogP contribution in [0.1, 0.15) is 60.7 Å². The van der Waals surface area contributed by atoms with E-state index in [4.69, 9.17) is 9.47 Å². The number of hydrogen-bond acceptors (Lipinski definition) is 4. The maximum absolute atomic E-state index is 13.6. The van der Waals surface area contributed by atoms with Crippen molar-refractivity contribution in [2.45, 2.75) is 50.9 Å². The number of carbonyl (C=O) groups excluding carboxylic acids is 2. The molecule has 1 heterocycles. The number of rotatable bonds is 6. The first-order chi connectivity index (χ1) is 17.1. The van der Waals surface area contributed by atoms with Crippen molar-refractivity contribution < 1.29 is 19.1 Å². The van der Waals surface area contributed by atoms with Crippen LogP contribution in [0.15, 0.2) is 60.7 Å². The molecule has 3 aromatic carbocycles. The van der Waals surface area contributed by atoms with Crippen molar-refractivity contribution in [3.05, 3.63) is 82.9 Å². The Bertz CT molecular complexity index is 1330. The topological polar surface area (TPSA) is 55.8 Å². The number of benzene rings is 3. The number of amides is 1. The second-order valence-electron chi connectivity index (χ2n) is 11.2. The van der Waals surface area contributed by atoms with E-state index in [1.807, 2.05) is 42.5 Å². The van der Waals surface area contributed by atoms with Crippen LogP contribution in [0.25, 0.3) is 11.1 Å². The highest BCUT2D eigenvalue weighted by atomic mass is 16.7.